The third kappa shape index (κ3) is 3.54. The van der Waals surface area contributed by atoms with Crippen LogP contribution in [0.4, 0.5) is 0 Å². The fourth-order valence-electron chi connectivity index (χ4n) is 2.87. The summed E-state index contributed by atoms with van der Waals surface area (Å²) < 4.78 is 16.9. The van der Waals surface area contributed by atoms with E-state index in [1.54, 1.807) is 12.1 Å². The second kappa shape index (κ2) is 7.31. The number of hydrogen-bond acceptors (Lipinski definition) is 4. The van der Waals surface area contributed by atoms with Crippen molar-refractivity contribution in [1.29, 1.82) is 0 Å². The Labute approximate surface area is 152 Å². The van der Waals surface area contributed by atoms with Crippen LogP contribution >= 0.6 is 0 Å². The Kier molecular flexibility index (Phi) is 4.56. The molecule has 26 heavy (non-hydrogen) atoms. The third-order valence-corrected chi connectivity index (χ3v) is 4.19. The molecule has 0 amide bonds. The van der Waals surface area contributed by atoms with Crippen molar-refractivity contribution in [3.63, 3.8) is 0 Å². The van der Waals surface area contributed by atoms with Crippen molar-refractivity contribution >= 4 is 5.97 Å². The molecule has 0 N–H and O–H groups in total. The number of fused-ring (bicyclic) bond motifs is 1. The van der Waals surface area contributed by atoms with E-state index in [9.17, 15) is 4.79 Å². The molecule has 0 bridgehead atoms. The third-order valence-electron chi connectivity index (χ3n) is 4.19. The Morgan fingerprint density at radius 2 is 1.58 bits per heavy atom. The second-order valence-corrected chi connectivity index (χ2v) is 6.06. The number of esters is 1. The van der Waals surface area contributed by atoms with Crippen LogP contribution in [-0.2, 0) is 11.2 Å². The van der Waals surface area contributed by atoms with Gasteiger partial charge >= 0.3 is 5.97 Å². The summed E-state index contributed by atoms with van der Waals surface area (Å²) in [4.78, 5) is 12.6. The Balaban J connectivity index is 1.48. The molecule has 130 valence electrons. The van der Waals surface area contributed by atoms with Crippen LogP contribution in [0.1, 0.15) is 11.1 Å². The minimum absolute atomic E-state index is 0.136. The standard InChI is InChI=1S/C22H18O4/c23-22(21-15-24-19-12-6-7-13-20(19)25-21)26-18-11-5-4-10-17(18)14-16-8-2-1-3-9-16/h1-13,21H,14-15H2. The predicted octanol–water partition coefficient (Wildman–Crippen LogP) is 4.02. The van der Waals surface area contributed by atoms with Gasteiger partial charge in [0, 0.05) is 6.42 Å². The van der Waals surface area contributed by atoms with Gasteiger partial charge in [-0.05, 0) is 29.3 Å². The van der Waals surface area contributed by atoms with Crippen LogP contribution in [0.15, 0.2) is 78.9 Å². The maximum absolute atomic E-state index is 12.6. The highest BCUT2D eigenvalue weighted by Crippen LogP contribution is 2.31. The van der Waals surface area contributed by atoms with Gasteiger partial charge in [0.15, 0.2) is 11.5 Å². The van der Waals surface area contributed by atoms with Crippen molar-refractivity contribution in [2.75, 3.05) is 6.61 Å². The highest BCUT2D eigenvalue weighted by Gasteiger charge is 2.29. The molecule has 0 spiro atoms. The molecule has 1 aliphatic heterocycles. The van der Waals surface area contributed by atoms with Crippen molar-refractivity contribution in [3.8, 4) is 17.2 Å². The molecule has 4 rings (SSSR count). The van der Waals surface area contributed by atoms with Crippen molar-refractivity contribution < 1.29 is 19.0 Å². The molecule has 4 nitrogen and oxygen atoms in total. The Morgan fingerprint density at radius 1 is 0.885 bits per heavy atom. The maximum atomic E-state index is 12.6. The molecule has 1 unspecified atom stereocenters. The van der Waals surface area contributed by atoms with E-state index in [-0.39, 0.29) is 6.61 Å². The van der Waals surface area contributed by atoms with Crippen molar-refractivity contribution in [2.45, 2.75) is 12.5 Å². The molecule has 0 saturated heterocycles. The van der Waals surface area contributed by atoms with E-state index >= 15 is 0 Å². The van der Waals surface area contributed by atoms with Gasteiger partial charge in [0.05, 0.1) is 0 Å². The molecule has 0 aliphatic carbocycles. The zero-order valence-electron chi connectivity index (χ0n) is 14.1. The molecule has 4 heteroatoms. The summed E-state index contributed by atoms with van der Waals surface area (Å²) in [6.45, 7) is 0.136. The van der Waals surface area contributed by atoms with Gasteiger partial charge in [-0.15, -0.1) is 0 Å². The van der Waals surface area contributed by atoms with Crippen molar-refractivity contribution in [2.24, 2.45) is 0 Å². The molecule has 1 heterocycles. The van der Waals surface area contributed by atoms with E-state index in [1.165, 1.54) is 0 Å². The molecule has 0 saturated carbocycles. The molecular weight excluding hydrogens is 328 g/mol. The van der Waals surface area contributed by atoms with Gasteiger partial charge in [0.25, 0.3) is 0 Å². The first kappa shape index (κ1) is 16.2. The second-order valence-electron chi connectivity index (χ2n) is 6.06. The molecule has 0 fully saturated rings. The first-order valence-corrected chi connectivity index (χ1v) is 8.51. The number of carbonyl (C=O) groups excluding carboxylic acids is 1. The van der Waals surface area contributed by atoms with Gasteiger partial charge in [0.1, 0.15) is 12.4 Å². The summed E-state index contributed by atoms with van der Waals surface area (Å²) in [5.41, 5.74) is 2.10. The van der Waals surface area contributed by atoms with Gasteiger partial charge in [0.2, 0.25) is 6.10 Å². The summed E-state index contributed by atoms with van der Waals surface area (Å²) in [6.07, 6.45) is -0.0931. The predicted molar refractivity (Wildman–Crippen MR) is 97.7 cm³/mol. The van der Waals surface area contributed by atoms with Gasteiger partial charge in [-0.3, -0.25) is 0 Å². The van der Waals surface area contributed by atoms with Crippen molar-refractivity contribution in [1.82, 2.24) is 0 Å². The minimum Gasteiger partial charge on any atom is -0.485 e. The zero-order valence-corrected chi connectivity index (χ0v) is 14.1. The topological polar surface area (TPSA) is 44.8 Å². The normalized spacial score (nSPS) is 15.3. The van der Waals surface area contributed by atoms with E-state index in [4.69, 9.17) is 14.2 Å². The first-order valence-electron chi connectivity index (χ1n) is 8.51. The van der Waals surface area contributed by atoms with Crippen LogP contribution < -0.4 is 14.2 Å². The molecule has 1 aliphatic rings. The highest BCUT2D eigenvalue weighted by molar-refractivity contribution is 5.78. The quantitative estimate of drug-likeness (QED) is 0.529. The molecule has 3 aromatic carbocycles. The van der Waals surface area contributed by atoms with Crippen LogP contribution in [0.3, 0.4) is 0 Å². The molecule has 0 aromatic heterocycles. The SMILES string of the molecule is O=C(Oc1ccccc1Cc1ccccc1)C1COc2ccccc2O1. The summed E-state index contributed by atoms with van der Waals surface area (Å²) in [6, 6.07) is 24.9. The van der Waals surface area contributed by atoms with Crippen LogP contribution in [0.25, 0.3) is 0 Å². The largest absolute Gasteiger partial charge is 0.485 e. The fraction of sp³-hybridized carbons (Fsp3) is 0.136. The molecule has 3 aromatic rings. The van der Waals surface area contributed by atoms with E-state index in [0.717, 1.165) is 11.1 Å². The Hall–Kier alpha value is -3.27. The lowest BCUT2D eigenvalue weighted by Gasteiger charge is -2.25. The Bertz CT molecular complexity index is 905. The molecule has 1 atom stereocenters. The molecular formula is C22H18O4. The average Bonchev–Trinajstić information content (AvgIpc) is 2.70. The fourth-order valence-corrected chi connectivity index (χ4v) is 2.87. The summed E-state index contributed by atoms with van der Waals surface area (Å²) in [7, 11) is 0. The minimum atomic E-state index is -0.783. The smallest absolute Gasteiger partial charge is 0.356 e. The number of para-hydroxylation sites is 3. The molecule has 0 radical (unpaired) electrons. The highest BCUT2D eigenvalue weighted by atomic mass is 16.6. The lowest BCUT2D eigenvalue weighted by Crippen LogP contribution is -2.39. The Morgan fingerprint density at radius 3 is 2.42 bits per heavy atom. The lowest BCUT2D eigenvalue weighted by atomic mass is 10.0. The van der Waals surface area contributed by atoms with E-state index in [2.05, 4.69) is 0 Å². The number of ether oxygens (including phenoxy) is 3. The van der Waals surface area contributed by atoms with Crippen LogP contribution in [0, 0.1) is 0 Å². The lowest BCUT2D eigenvalue weighted by molar-refractivity contribution is -0.144. The van der Waals surface area contributed by atoms with Crippen molar-refractivity contribution in [3.05, 3.63) is 90.0 Å². The summed E-state index contributed by atoms with van der Waals surface area (Å²) >= 11 is 0. The number of benzene rings is 3. The van der Waals surface area contributed by atoms with Crippen LogP contribution in [0.2, 0.25) is 0 Å². The first-order chi connectivity index (χ1) is 12.8. The summed E-state index contributed by atoms with van der Waals surface area (Å²) in [5.74, 6) is 1.28. The number of carbonyl (C=O) groups is 1. The van der Waals surface area contributed by atoms with Crippen LogP contribution in [0.5, 0.6) is 17.2 Å². The number of rotatable bonds is 4. The van der Waals surface area contributed by atoms with E-state index in [1.807, 2.05) is 66.7 Å². The van der Waals surface area contributed by atoms with Gasteiger partial charge < -0.3 is 14.2 Å². The van der Waals surface area contributed by atoms with E-state index < -0.39 is 12.1 Å². The van der Waals surface area contributed by atoms with Gasteiger partial charge in [-0.1, -0.05) is 60.7 Å². The van der Waals surface area contributed by atoms with Gasteiger partial charge in [-0.25, -0.2) is 4.79 Å². The van der Waals surface area contributed by atoms with Gasteiger partial charge in [-0.2, -0.15) is 0 Å². The maximum Gasteiger partial charge on any atom is 0.356 e. The number of hydrogen-bond donors (Lipinski definition) is 0. The van der Waals surface area contributed by atoms with Crippen LogP contribution in [-0.4, -0.2) is 18.7 Å². The van der Waals surface area contributed by atoms with E-state index in [0.29, 0.717) is 23.7 Å². The summed E-state index contributed by atoms with van der Waals surface area (Å²) in [5, 5.41) is 0. The monoisotopic (exact) mass is 346 g/mol. The zero-order chi connectivity index (χ0) is 17.8. The average molecular weight is 346 g/mol.